The van der Waals surface area contributed by atoms with Crippen molar-refractivity contribution >= 4 is 33.7 Å². The van der Waals surface area contributed by atoms with Gasteiger partial charge >= 0.3 is 5.69 Å². The Bertz CT molecular complexity index is 1490. The monoisotopic (exact) mass is 453 g/mol. The number of nitrogens with zero attached hydrogens (tertiary/aromatic N) is 6. The lowest BCUT2D eigenvalue weighted by Gasteiger charge is -2.13. The van der Waals surface area contributed by atoms with Crippen LogP contribution >= 0.6 is 0 Å². The van der Waals surface area contributed by atoms with E-state index in [0.29, 0.717) is 10.9 Å². The molecule has 0 radical (unpaired) electrons. The summed E-state index contributed by atoms with van der Waals surface area (Å²) in [4.78, 5) is 32.4. The molecule has 172 valence electrons. The van der Waals surface area contributed by atoms with Gasteiger partial charge in [-0.05, 0) is 6.07 Å². The van der Waals surface area contributed by atoms with Crippen LogP contribution in [0.15, 0.2) is 56.7 Å². The molecule has 0 aliphatic carbocycles. The van der Waals surface area contributed by atoms with Crippen LogP contribution < -0.4 is 11.2 Å². The first kappa shape index (κ1) is 22.2. The Labute approximate surface area is 186 Å². The van der Waals surface area contributed by atoms with Gasteiger partial charge in [-0.15, -0.1) is 16.8 Å². The average Bonchev–Trinajstić information content (AvgIpc) is 3.31. The number of nitrogens with one attached hydrogen (secondary N) is 1. The standard InChI is InChI=1S/C21H23N7O5/c1-4-9-33-11-12(29)10-28-16-17(26(2)21(32)27(3)19(16)31)23-20(28)25-24-15-13-7-5-6-8-14(13)22-18(15)30/h4-8,12,22,29-30H,1,9-11H2,2-3H3/t12-/m0/s1. The second-order valence-corrected chi connectivity index (χ2v) is 7.45. The van der Waals surface area contributed by atoms with E-state index in [1.54, 1.807) is 24.3 Å². The number of H-pyrrole nitrogens is 1. The summed E-state index contributed by atoms with van der Waals surface area (Å²) in [6.07, 6.45) is 0.553. The lowest BCUT2D eigenvalue weighted by atomic mass is 10.2. The Morgan fingerprint density at radius 1 is 1.24 bits per heavy atom. The fourth-order valence-corrected chi connectivity index (χ4v) is 3.54. The number of aromatic nitrogens is 5. The number of hydrogen-bond acceptors (Lipinski definition) is 8. The van der Waals surface area contributed by atoms with Crippen molar-refractivity contribution in [1.29, 1.82) is 0 Å². The Hall–Kier alpha value is -4.03. The zero-order valence-corrected chi connectivity index (χ0v) is 18.1. The maximum atomic E-state index is 12.9. The van der Waals surface area contributed by atoms with E-state index in [2.05, 4.69) is 26.8 Å². The molecule has 1 atom stereocenters. The number of aliphatic hydroxyl groups is 1. The second kappa shape index (κ2) is 8.84. The molecular formula is C21H23N7O5. The summed E-state index contributed by atoms with van der Waals surface area (Å²) in [5.41, 5.74) is -0.0933. The van der Waals surface area contributed by atoms with Gasteiger partial charge in [0.2, 0.25) is 5.88 Å². The van der Waals surface area contributed by atoms with E-state index in [9.17, 15) is 19.8 Å². The molecular weight excluding hydrogens is 430 g/mol. The molecule has 12 heteroatoms. The quantitative estimate of drug-likeness (QED) is 0.209. The smallest absolute Gasteiger partial charge is 0.332 e. The van der Waals surface area contributed by atoms with Gasteiger partial charge in [0.1, 0.15) is 0 Å². The van der Waals surface area contributed by atoms with Gasteiger partial charge in [-0.2, -0.15) is 4.98 Å². The summed E-state index contributed by atoms with van der Waals surface area (Å²) in [6, 6.07) is 7.15. The molecule has 0 saturated heterocycles. The summed E-state index contributed by atoms with van der Waals surface area (Å²) < 4.78 is 8.85. The first-order valence-electron chi connectivity index (χ1n) is 10.1. The minimum atomic E-state index is -1.00. The van der Waals surface area contributed by atoms with Gasteiger partial charge in [0.05, 0.1) is 31.4 Å². The molecule has 3 aromatic heterocycles. The number of benzene rings is 1. The van der Waals surface area contributed by atoms with Crippen LogP contribution in [0, 0.1) is 0 Å². The minimum absolute atomic E-state index is 0.0163. The number of rotatable bonds is 8. The van der Waals surface area contributed by atoms with E-state index in [1.807, 2.05) is 6.07 Å². The van der Waals surface area contributed by atoms with Crippen LogP contribution in [-0.2, 0) is 25.4 Å². The first-order valence-corrected chi connectivity index (χ1v) is 10.1. The predicted octanol–water partition coefficient (Wildman–Crippen LogP) is 1.60. The molecule has 33 heavy (non-hydrogen) atoms. The molecule has 0 aliphatic heterocycles. The van der Waals surface area contributed by atoms with E-state index in [0.717, 1.165) is 4.57 Å². The highest BCUT2D eigenvalue weighted by molar-refractivity contribution is 5.94. The third kappa shape index (κ3) is 3.97. The number of azo groups is 1. The van der Waals surface area contributed by atoms with E-state index in [-0.39, 0.29) is 48.4 Å². The topological polar surface area (TPSA) is 152 Å². The normalized spacial score (nSPS) is 12.8. The maximum Gasteiger partial charge on any atom is 0.332 e. The first-order chi connectivity index (χ1) is 15.8. The van der Waals surface area contributed by atoms with E-state index in [4.69, 9.17) is 4.74 Å². The predicted molar refractivity (Wildman–Crippen MR) is 121 cm³/mol. The van der Waals surface area contributed by atoms with Crippen molar-refractivity contribution in [2.45, 2.75) is 12.6 Å². The van der Waals surface area contributed by atoms with E-state index in [1.165, 1.54) is 23.2 Å². The third-order valence-electron chi connectivity index (χ3n) is 5.17. The van der Waals surface area contributed by atoms with Gasteiger partial charge in [0.25, 0.3) is 11.5 Å². The van der Waals surface area contributed by atoms with Gasteiger partial charge in [-0.25, -0.2) is 4.79 Å². The van der Waals surface area contributed by atoms with Crippen LogP contribution in [0.3, 0.4) is 0 Å². The molecule has 0 spiro atoms. The van der Waals surface area contributed by atoms with Crippen LogP contribution in [0.2, 0.25) is 0 Å². The number of imidazole rings is 1. The SMILES string of the molecule is C=CCOC[C@@H](O)Cn1c(N=Nc2c(O)[nH]c3ccccc23)nc2c1c(=O)n(C)c(=O)n2C. The van der Waals surface area contributed by atoms with Crippen LogP contribution in [0.5, 0.6) is 5.88 Å². The maximum absolute atomic E-state index is 12.9. The molecule has 1 aromatic carbocycles. The zero-order chi connectivity index (χ0) is 23.7. The second-order valence-electron chi connectivity index (χ2n) is 7.45. The Morgan fingerprint density at radius 2 is 2.00 bits per heavy atom. The van der Waals surface area contributed by atoms with Gasteiger partial charge in [-0.3, -0.25) is 18.5 Å². The molecule has 0 bridgehead atoms. The molecule has 0 saturated carbocycles. The number of ether oxygens (including phenoxy) is 1. The number of aliphatic hydroxyl groups excluding tert-OH is 1. The van der Waals surface area contributed by atoms with E-state index < -0.39 is 17.4 Å². The van der Waals surface area contributed by atoms with Gasteiger partial charge in [-0.1, -0.05) is 24.3 Å². The summed E-state index contributed by atoms with van der Waals surface area (Å²) in [7, 11) is 2.84. The number of fused-ring (bicyclic) bond motifs is 2. The Morgan fingerprint density at radius 3 is 2.76 bits per heavy atom. The molecule has 3 N–H and O–H groups in total. The Kier molecular flexibility index (Phi) is 5.94. The molecule has 4 rings (SSSR count). The molecule has 0 amide bonds. The van der Waals surface area contributed by atoms with Gasteiger partial charge in [0, 0.05) is 19.5 Å². The van der Waals surface area contributed by atoms with Crippen molar-refractivity contribution in [3.63, 3.8) is 0 Å². The molecule has 12 nitrogen and oxygen atoms in total. The van der Waals surface area contributed by atoms with Crippen LogP contribution in [-0.4, -0.2) is 53.2 Å². The molecule has 4 aromatic rings. The zero-order valence-electron chi connectivity index (χ0n) is 18.1. The summed E-state index contributed by atoms with van der Waals surface area (Å²) in [5, 5.41) is 29.6. The summed E-state index contributed by atoms with van der Waals surface area (Å²) >= 11 is 0. The highest BCUT2D eigenvalue weighted by Gasteiger charge is 2.21. The highest BCUT2D eigenvalue weighted by atomic mass is 16.5. The third-order valence-corrected chi connectivity index (χ3v) is 5.17. The number of para-hydroxylation sites is 1. The average molecular weight is 453 g/mol. The number of aryl methyl sites for hydroxylation is 1. The number of aromatic amines is 1. The minimum Gasteiger partial charge on any atom is -0.493 e. The van der Waals surface area contributed by atoms with E-state index >= 15 is 0 Å². The molecule has 3 heterocycles. The lowest BCUT2D eigenvalue weighted by Crippen LogP contribution is -2.38. The van der Waals surface area contributed by atoms with Crippen molar-refractivity contribution in [1.82, 2.24) is 23.7 Å². The Balaban J connectivity index is 1.85. The molecule has 0 unspecified atom stereocenters. The van der Waals surface area contributed by atoms with Crippen molar-refractivity contribution in [2.75, 3.05) is 13.2 Å². The summed E-state index contributed by atoms with van der Waals surface area (Å²) in [5.74, 6) is -0.195. The lowest BCUT2D eigenvalue weighted by molar-refractivity contribution is 0.0404. The van der Waals surface area contributed by atoms with Crippen LogP contribution in [0.4, 0.5) is 11.6 Å². The van der Waals surface area contributed by atoms with Crippen molar-refractivity contribution in [3.8, 4) is 5.88 Å². The summed E-state index contributed by atoms with van der Waals surface area (Å²) in [6.45, 7) is 3.71. The van der Waals surface area contributed by atoms with Crippen molar-refractivity contribution in [3.05, 3.63) is 57.8 Å². The van der Waals surface area contributed by atoms with Crippen LogP contribution in [0.1, 0.15) is 0 Å². The molecule has 0 aliphatic rings. The fraction of sp³-hybridized carbons (Fsp3) is 0.286. The van der Waals surface area contributed by atoms with Crippen LogP contribution in [0.25, 0.3) is 22.1 Å². The largest absolute Gasteiger partial charge is 0.493 e. The highest BCUT2D eigenvalue weighted by Crippen LogP contribution is 2.36. The number of hydrogen-bond donors (Lipinski definition) is 3. The van der Waals surface area contributed by atoms with Crippen molar-refractivity contribution in [2.24, 2.45) is 24.3 Å². The van der Waals surface area contributed by atoms with Gasteiger partial charge in [0.15, 0.2) is 16.9 Å². The fourth-order valence-electron chi connectivity index (χ4n) is 3.54. The molecule has 0 fully saturated rings. The van der Waals surface area contributed by atoms with Gasteiger partial charge < -0.3 is 19.9 Å². The number of aromatic hydroxyl groups is 1. The van der Waals surface area contributed by atoms with Crippen molar-refractivity contribution < 1.29 is 14.9 Å².